The molecule has 10 rings (SSSR count). The lowest BCUT2D eigenvalue weighted by Gasteiger charge is -2.09. The normalized spacial score (nSPS) is 11.6. The van der Waals surface area contributed by atoms with Crippen molar-refractivity contribution in [1.82, 2.24) is 14.5 Å². The first kappa shape index (κ1) is 28.3. The lowest BCUT2D eigenvalue weighted by molar-refractivity contribution is 0.669. The molecule has 0 atom stereocenters. The molecule has 0 saturated carbocycles. The standard InChI is InChI=1S/C46H29N3O/c1-4-14-30(15-5-1)34-21-13-25-42-44(34)38-20-10-11-24-41(38)49(42)33-26-27-35-36-22-12-23-37(45(36)50-43(35)28-33)40-29-39(31-16-6-2-7-17-31)47-46(48-40)32-18-8-3-9-19-32/h1-29H. The summed E-state index contributed by atoms with van der Waals surface area (Å²) >= 11 is 0. The summed E-state index contributed by atoms with van der Waals surface area (Å²) in [6, 6.07) is 61.2. The number of benzene rings is 7. The maximum atomic E-state index is 6.81. The van der Waals surface area contributed by atoms with Crippen LogP contribution < -0.4 is 0 Å². The fraction of sp³-hybridized carbons (Fsp3) is 0. The van der Waals surface area contributed by atoms with Gasteiger partial charge < -0.3 is 8.98 Å². The van der Waals surface area contributed by atoms with E-state index in [1.165, 1.54) is 21.9 Å². The number of furan rings is 1. The van der Waals surface area contributed by atoms with Crippen molar-refractivity contribution in [3.8, 4) is 50.7 Å². The van der Waals surface area contributed by atoms with Crippen LogP contribution in [0.3, 0.4) is 0 Å². The molecule has 0 amide bonds. The molecule has 234 valence electrons. The van der Waals surface area contributed by atoms with Crippen molar-refractivity contribution >= 4 is 43.7 Å². The van der Waals surface area contributed by atoms with Crippen LogP contribution in [0.4, 0.5) is 0 Å². The summed E-state index contributed by atoms with van der Waals surface area (Å²) in [6.45, 7) is 0. The van der Waals surface area contributed by atoms with Crippen molar-refractivity contribution in [3.63, 3.8) is 0 Å². The van der Waals surface area contributed by atoms with Crippen molar-refractivity contribution in [3.05, 3.63) is 176 Å². The fourth-order valence-electron chi connectivity index (χ4n) is 7.34. The van der Waals surface area contributed by atoms with Crippen LogP contribution in [0.25, 0.3) is 94.5 Å². The van der Waals surface area contributed by atoms with Crippen LogP contribution in [-0.2, 0) is 0 Å². The smallest absolute Gasteiger partial charge is 0.160 e. The highest BCUT2D eigenvalue weighted by Gasteiger charge is 2.19. The molecule has 0 N–H and O–H groups in total. The highest BCUT2D eigenvalue weighted by atomic mass is 16.3. The molecule has 0 aliphatic carbocycles. The summed E-state index contributed by atoms with van der Waals surface area (Å²) in [5, 5.41) is 4.59. The third-order valence-corrected chi connectivity index (χ3v) is 9.63. The van der Waals surface area contributed by atoms with Crippen LogP contribution in [0.2, 0.25) is 0 Å². The Balaban J connectivity index is 1.17. The first-order chi connectivity index (χ1) is 24.8. The Hall–Kier alpha value is -6.78. The van der Waals surface area contributed by atoms with Gasteiger partial charge in [-0.1, -0.05) is 133 Å². The minimum absolute atomic E-state index is 0.679. The number of rotatable bonds is 5. The molecule has 0 aliphatic heterocycles. The van der Waals surface area contributed by atoms with Crippen LogP contribution >= 0.6 is 0 Å². The number of hydrogen-bond acceptors (Lipinski definition) is 3. The van der Waals surface area contributed by atoms with Gasteiger partial charge in [0, 0.05) is 50.0 Å². The number of fused-ring (bicyclic) bond motifs is 6. The van der Waals surface area contributed by atoms with E-state index in [2.05, 4.69) is 144 Å². The maximum Gasteiger partial charge on any atom is 0.160 e. The summed E-state index contributed by atoms with van der Waals surface area (Å²) in [4.78, 5) is 10.1. The molecule has 0 bridgehead atoms. The van der Waals surface area contributed by atoms with Crippen LogP contribution in [-0.4, -0.2) is 14.5 Å². The molecule has 0 fully saturated rings. The summed E-state index contributed by atoms with van der Waals surface area (Å²) in [5.74, 6) is 0.679. The Morgan fingerprint density at radius 1 is 0.420 bits per heavy atom. The lowest BCUT2D eigenvalue weighted by Crippen LogP contribution is -1.96. The van der Waals surface area contributed by atoms with Crippen LogP contribution in [0.1, 0.15) is 0 Å². The highest BCUT2D eigenvalue weighted by Crippen LogP contribution is 2.41. The second-order valence-corrected chi connectivity index (χ2v) is 12.6. The molecular formula is C46H29N3O. The summed E-state index contributed by atoms with van der Waals surface area (Å²) in [5.41, 5.74) is 12.1. The van der Waals surface area contributed by atoms with Gasteiger partial charge in [-0.05, 0) is 47.5 Å². The second kappa shape index (κ2) is 11.4. The van der Waals surface area contributed by atoms with Gasteiger partial charge in [-0.2, -0.15) is 0 Å². The maximum absolute atomic E-state index is 6.81. The molecule has 4 nitrogen and oxygen atoms in total. The van der Waals surface area contributed by atoms with Gasteiger partial charge in [-0.3, -0.25) is 0 Å². The SMILES string of the molecule is c1ccc(-c2cc(-c3cccc4c3oc3cc(-n5c6ccccc6c6c(-c7ccccc7)cccc65)ccc34)nc(-c3ccccc3)n2)cc1. The third kappa shape index (κ3) is 4.54. The highest BCUT2D eigenvalue weighted by molar-refractivity contribution is 6.16. The van der Waals surface area contributed by atoms with Gasteiger partial charge in [0.25, 0.3) is 0 Å². The minimum Gasteiger partial charge on any atom is -0.455 e. The first-order valence-electron chi connectivity index (χ1n) is 16.8. The number of hydrogen-bond donors (Lipinski definition) is 0. The summed E-state index contributed by atoms with van der Waals surface area (Å²) in [7, 11) is 0. The third-order valence-electron chi connectivity index (χ3n) is 9.63. The quantitative estimate of drug-likeness (QED) is 0.188. The predicted octanol–water partition coefficient (Wildman–Crippen LogP) is 12.1. The van der Waals surface area contributed by atoms with E-state index in [0.29, 0.717) is 5.82 Å². The van der Waals surface area contributed by atoms with E-state index in [9.17, 15) is 0 Å². The van der Waals surface area contributed by atoms with E-state index in [-0.39, 0.29) is 0 Å². The van der Waals surface area contributed by atoms with Crippen molar-refractivity contribution < 1.29 is 4.42 Å². The van der Waals surface area contributed by atoms with Crippen LogP contribution in [0.5, 0.6) is 0 Å². The van der Waals surface area contributed by atoms with Gasteiger partial charge in [0.15, 0.2) is 5.82 Å². The average Bonchev–Trinajstić information content (AvgIpc) is 3.74. The molecule has 10 aromatic rings. The number of para-hydroxylation sites is 2. The fourth-order valence-corrected chi connectivity index (χ4v) is 7.34. The predicted molar refractivity (Wildman–Crippen MR) is 205 cm³/mol. The second-order valence-electron chi connectivity index (χ2n) is 12.6. The van der Waals surface area contributed by atoms with Gasteiger partial charge in [0.05, 0.1) is 22.4 Å². The lowest BCUT2D eigenvalue weighted by atomic mass is 9.99. The molecular weight excluding hydrogens is 611 g/mol. The Morgan fingerprint density at radius 3 is 1.84 bits per heavy atom. The van der Waals surface area contributed by atoms with Gasteiger partial charge in [-0.25, -0.2) is 9.97 Å². The Labute approximate surface area is 288 Å². The van der Waals surface area contributed by atoms with E-state index in [1.54, 1.807) is 0 Å². The molecule has 3 heterocycles. The number of nitrogens with zero attached hydrogens (tertiary/aromatic N) is 3. The van der Waals surface area contributed by atoms with E-state index in [1.807, 2.05) is 36.4 Å². The number of aromatic nitrogens is 3. The largest absolute Gasteiger partial charge is 0.455 e. The molecule has 0 unspecified atom stereocenters. The summed E-state index contributed by atoms with van der Waals surface area (Å²) in [6.07, 6.45) is 0. The Morgan fingerprint density at radius 2 is 1.04 bits per heavy atom. The van der Waals surface area contributed by atoms with Crippen LogP contribution in [0.15, 0.2) is 180 Å². The van der Waals surface area contributed by atoms with Crippen molar-refractivity contribution in [2.24, 2.45) is 0 Å². The minimum atomic E-state index is 0.679. The van der Waals surface area contributed by atoms with E-state index >= 15 is 0 Å². The monoisotopic (exact) mass is 639 g/mol. The Bertz CT molecular complexity index is 2800. The van der Waals surface area contributed by atoms with Crippen LogP contribution in [0, 0.1) is 0 Å². The van der Waals surface area contributed by atoms with Crippen molar-refractivity contribution in [2.45, 2.75) is 0 Å². The van der Waals surface area contributed by atoms with Crippen molar-refractivity contribution in [2.75, 3.05) is 0 Å². The van der Waals surface area contributed by atoms with Gasteiger partial charge in [0.2, 0.25) is 0 Å². The van der Waals surface area contributed by atoms with E-state index in [4.69, 9.17) is 14.4 Å². The van der Waals surface area contributed by atoms with E-state index in [0.717, 1.165) is 66.7 Å². The molecule has 7 aromatic carbocycles. The molecule has 3 aromatic heterocycles. The molecule has 0 aliphatic rings. The first-order valence-corrected chi connectivity index (χ1v) is 16.8. The van der Waals surface area contributed by atoms with Gasteiger partial charge in [-0.15, -0.1) is 0 Å². The van der Waals surface area contributed by atoms with Gasteiger partial charge in [0.1, 0.15) is 11.2 Å². The Kier molecular flexibility index (Phi) is 6.46. The summed E-state index contributed by atoms with van der Waals surface area (Å²) < 4.78 is 9.17. The molecule has 0 spiro atoms. The zero-order valence-electron chi connectivity index (χ0n) is 27.0. The zero-order chi connectivity index (χ0) is 33.0. The zero-order valence-corrected chi connectivity index (χ0v) is 27.0. The molecule has 0 radical (unpaired) electrons. The molecule has 0 saturated heterocycles. The van der Waals surface area contributed by atoms with Gasteiger partial charge >= 0.3 is 0 Å². The molecule has 50 heavy (non-hydrogen) atoms. The molecule has 4 heteroatoms. The average molecular weight is 640 g/mol. The van der Waals surface area contributed by atoms with Crippen molar-refractivity contribution in [1.29, 1.82) is 0 Å². The van der Waals surface area contributed by atoms with E-state index < -0.39 is 0 Å². The topological polar surface area (TPSA) is 43.9 Å².